The Balaban J connectivity index is 1.54. The number of Topliss-reactive ketones (excluding diaryl/α,β-unsaturated/α-hetero) is 1. The molecule has 1 heterocycles. The van der Waals surface area contributed by atoms with Gasteiger partial charge >= 0.3 is 0 Å². The van der Waals surface area contributed by atoms with Crippen molar-refractivity contribution in [1.82, 2.24) is 4.90 Å². The van der Waals surface area contributed by atoms with Crippen LogP contribution in [0, 0.1) is 0 Å². The van der Waals surface area contributed by atoms with Crippen LogP contribution in [-0.4, -0.2) is 50.2 Å². The minimum atomic E-state index is -2.78. The smallest absolute Gasteiger partial charge is 0.162 e. The van der Waals surface area contributed by atoms with E-state index in [1.165, 1.54) is 0 Å². The maximum atomic E-state index is 12.0. The summed E-state index contributed by atoms with van der Waals surface area (Å²) in [5.41, 5.74) is 0.726. The maximum absolute atomic E-state index is 12.0. The molecule has 2 rings (SSSR count). The molecule has 0 aromatic heterocycles. The standard InChI is InChI=1S/C17H24ClNO3S/c18-16-8-6-15(7-9-16)17(20)5-3-1-2-4-10-19-11-13-23(21,22)14-12-19/h6-9H,1-5,10-14H2. The largest absolute Gasteiger partial charge is 0.301 e. The van der Waals surface area contributed by atoms with Crippen molar-refractivity contribution >= 4 is 27.2 Å². The molecule has 0 aliphatic carbocycles. The van der Waals surface area contributed by atoms with Crippen molar-refractivity contribution in [3.8, 4) is 0 Å². The number of carbonyl (C=O) groups excluding carboxylic acids is 1. The number of halogens is 1. The number of carbonyl (C=O) groups is 1. The lowest BCUT2D eigenvalue weighted by atomic mass is 10.0. The van der Waals surface area contributed by atoms with Crippen molar-refractivity contribution < 1.29 is 13.2 Å². The molecule has 0 radical (unpaired) electrons. The topological polar surface area (TPSA) is 54.5 Å². The third-order valence-electron chi connectivity index (χ3n) is 4.23. The summed E-state index contributed by atoms with van der Waals surface area (Å²) in [5.74, 6) is 0.758. The monoisotopic (exact) mass is 357 g/mol. The van der Waals surface area contributed by atoms with Crippen molar-refractivity contribution in [2.24, 2.45) is 0 Å². The third-order valence-corrected chi connectivity index (χ3v) is 6.09. The minimum absolute atomic E-state index is 0.169. The molecule has 6 heteroatoms. The van der Waals surface area contributed by atoms with Crippen LogP contribution in [0.3, 0.4) is 0 Å². The maximum Gasteiger partial charge on any atom is 0.162 e. The molecule has 128 valence electrons. The highest BCUT2D eigenvalue weighted by molar-refractivity contribution is 7.91. The molecule has 0 amide bonds. The summed E-state index contributed by atoms with van der Waals surface area (Å²) in [6, 6.07) is 7.03. The molecule has 0 atom stereocenters. The van der Waals surface area contributed by atoms with Crippen LogP contribution in [0.15, 0.2) is 24.3 Å². The molecule has 1 aliphatic heterocycles. The Morgan fingerprint density at radius 2 is 1.61 bits per heavy atom. The van der Waals surface area contributed by atoms with Gasteiger partial charge in [0, 0.05) is 30.1 Å². The van der Waals surface area contributed by atoms with Gasteiger partial charge in [-0.3, -0.25) is 4.79 Å². The molecule has 1 saturated heterocycles. The summed E-state index contributed by atoms with van der Waals surface area (Å²) in [6.45, 7) is 2.29. The summed E-state index contributed by atoms with van der Waals surface area (Å²) in [5, 5.41) is 0.645. The van der Waals surface area contributed by atoms with Gasteiger partial charge in [-0.05, 0) is 43.7 Å². The Hall–Kier alpha value is -0.910. The molecule has 0 unspecified atom stereocenters. The Bertz CT molecular complexity index is 599. The first-order valence-corrected chi connectivity index (χ1v) is 10.4. The Morgan fingerprint density at radius 3 is 2.26 bits per heavy atom. The molecule has 1 fully saturated rings. The predicted molar refractivity (Wildman–Crippen MR) is 94.0 cm³/mol. The van der Waals surface area contributed by atoms with E-state index in [4.69, 9.17) is 11.6 Å². The second-order valence-corrected chi connectivity index (χ2v) is 8.83. The van der Waals surface area contributed by atoms with Gasteiger partial charge in [0.2, 0.25) is 0 Å². The van der Waals surface area contributed by atoms with Crippen LogP contribution in [0.25, 0.3) is 0 Å². The van der Waals surface area contributed by atoms with E-state index < -0.39 is 9.84 Å². The lowest BCUT2D eigenvalue weighted by Gasteiger charge is -2.26. The molecule has 0 N–H and O–H groups in total. The van der Waals surface area contributed by atoms with Gasteiger partial charge in [-0.1, -0.05) is 24.4 Å². The fourth-order valence-corrected chi connectivity index (χ4v) is 4.13. The van der Waals surface area contributed by atoms with Gasteiger partial charge in [0.25, 0.3) is 0 Å². The fourth-order valence-electron chi connectivity index (χ4n) is 2.73. The number of ketones is 1. The van der Waals surface area contributed by atoms with Crippen molar-refractivity contribution in [2.75, 3.05) is 31.1 Å². The summed E-state index contributed by atoms with van der Waals surface area (Å²) in [4.78, 5) is 14.2. The van der Waals surface area contributed by atoms with Crippen molar-refractivity contribution in [3.63, 3.8) is 0 Å². The zero-order valence-corrected chi connectivity index (χ0v) is 14.9. The van der Waals surface area contributed by atoms with Crippen LogP contribution in [-0.2, 0) is 9.84 Å². The van der Waals surface area contributed by atoms with Crippen LogP contribution >= 0.6 is 11.6 Å². The first kappa shape index (κ1) is 18.4. The number of hydrogen-bond acceptors (Lipinski definition) is 4. The fraction of sp³-hybridized carbons (Fsp3) is 0.588. The first-order valence-electron chi connectivity index (χ1n) is 8.18. The highest BCUT2D eigenvalue weighted by Gasteiger charge is 2.20. The number of rotatable bonds is 8. The summed E-state index contributed by atoms with van der Waals surface area (Å²) < 4.78 is 22.7. The van der Waals surface area contributed by atoms with Gasteiger partial charge < -0.3 is 4.90 Å². The van der Waals surface area contributed by atoms with Crippen LogP contribution < -0.4 is 0 Å². The molecule has 1 aromatic rings. The minimum Gasteiger partial charge on any atom is -0.301 e. The lowest BCUT2D eigenvalue weighted by Crippen LogP contribution is -2.40. The quantitative estimate of drug-likeness (QED) is 0.529. The molecule has 1 aliphatic rings. The number of benzene rings is 1. The third kappa shape index (κ3) is 6.61. The van der Waals surface area contributed by atoms with Gasteiger partial charge in [-0.2, -0.15) is 0 Å². The second-order valence-electron chi connectivity index (χ2n) is 6.09. The van der Waals surface area contributed by atoms with E-state index in [-0.39, 0.29) is 5.78 Å². The Kier molecular flexibility index (Phi) is 7.06. The van der Waals surface area contributed by atoms with Gasteiger partial charge in [0.1, 0.15) is 0 Å². The van der Waals surface area contributed by atoms with Crippen LogP contribution in [0.5, 0.6) is 0 Å². The first-order chi connectivity index (χ1) is 11.0. The van der Waals surface area contributed by atoms with E-state index in [9.17, 15) is 13.2 Å². The Morgan fingerprint density at radius 1 is 1.00 bits per heavy atom. The Labute approximate surface area is 143 Å². The molecule has 0 spiro atoms. The molecule has 0 saturated carbocycles. The van der Waals surface area contributed by atoms with E-state index in [1.807, 2.05) is 0 Å². The van der Waals surface area contributed by atoms with Gasteiger partial charge in [0.05, 0.1) is 11.5 Å². The predicted octanol–water partition coefficient (Wildman–Crippen LogP) is 3.20. The van der Waals surface area contributed by atoms with Gasteiger partial charge in [-0.25, -0.2) is 8.42 Å². The molecule has 4 nitrogen and oxygen atoms in total. The number of hydrogen-bond donors (Lipinski definition) is 0. The summed E-state index contributed by atoms with van der Waals surface area (Å²) in [7, 11) is -2.78. The van der Waals surface area contributed by atoms with Crippen LogP contribution in [0.1, 0.15) is 42.5 Å². The normalized spacial score (nSPS) is 18.0. The van der Waals surface area contributed by atoms with Gasteiger partial charge in [-0.15, -0.1) is 0 Å². The van der Waals surface area contributed by atoms with Crippen LogP contribution in [0.4, 0.5) is 0 Å². The van der Waals surface area contributed by atoms with E-state index in [1.54, 1.807) is 24.3 Å². The van der Waals surface area contributed by atoms with Crippen LogP contribution in [0.2, 0.25) is 5.02 Å². The molecule has 1 aromatic carbocycles. The van der Waals surface area contributed by atoms with Crippen molar-refractivity contribution in [1.29, 1.82) is 0 Å². The van der Waals surface area contributed by atoms with E-state index in [2.05, 4.69) is 4.90 Å². The highest BCUT2D eigenvalue weighted by Crippen LogP contribution is 2.13. The van der Waals surface area contributed by atoms with Crippen molar-refractivity contribution in [3.05, 3.63) is 34.9 Å². The highest BCUT2D eigenvalue weighted by atomic mass is 35.5. The average Bonchev–Trinajstić information content (AvgIpc) is 2.52. The molecular weight excluding hydrogens is 334 g/mol. The number of unbranched alkanes of at least 4 members (excludes halogenated alkanes) is 3. The second kappa shape index (κ2) is 8.81. The zero-order chi connectivity index (χ0) is 16.7. The molecule has 23 heavy (non-hydrogen) atoms. The average molecular weight is 358 g/mol. The van der Waals surface area contributed by atoms with E-state index in [0.29, 0.717) is 36.0 Å². The molecule has 0 bridgehead atoms. The SMILES string of the molecule is O=C(CCCCCCN1CCS(=O)(=O)CC1)c1ccc(Cl)cc1. The number of nitrogens with zero attached hydrogens (tertiary/aromatic N) is 1. The molecular formula is C17H24ClNO3S. The summed E-state index contributed by atoms with van der Waals surface area (Å²) in [6.07, 6.45) is 4.65. The van der Waals surface area contributed by atoms with E-state index in [0.717, 1.165) is 37.8 Å². The lowest BCUT2D eigenvalue weighted by molar-refractivity contribution is 0.0979. The number of sulfone groups is 1. The van der Waals surface area contributed by atoms with E-state index >= 15 is 0 Å². The summed E-state index contributed by atoms with van der Waals surface area (Å²) >= 11 is 5.81. The zero-order valence-electron chi connectivity index (χ0n) is 13.3. The van der Waals surface area contributed by atoms with Gasteiger partial charge in [0.15, 0.2) is 15.6 Å². The van der Waals surface area contributed by atoms with Crippen molar-refractivity contribution in [2.45, 2.75) is 32.1 Å².